The van der Waals surface area contributed by atoms with Crippen LogP contribution < -0.4 is 5.32 Å². The molecule has 0 saturated carbocycles. The van der Waals surface area contributed by atoms with E-state index in [1.54, 1.807) is 17.6 Å². The summed E-state index contributed by atoms with van der Waals surface area (Å²) in [7, 11) is -2.96. The van der Waals surface area contributed by atoms with Crippen LogP contribution in [0.5, 0.6) is 0 Å². The Hall–Kier alpha value is -1.15. The minimum Gasteiger partial charge on any atom is -0.352 e. The van der Waals surface area contributed by atoms with E-state index in [1.165, 1.54) is 0 Å². The van der Waals surface area contributed by atoms with Gasteiger partial charge in [0.2, 0.25) is 5.95 Å². The number of nitrogens with zero attached hydrogens (tertiary/aromatic N) is 3. The van der Waals surface area contributed by atoms with Gasteiger partial charge in [0.25, 0.3) is 0 Å². The fourth-order valence-corrected chi connectivity index (χ4v) is 2.54. The molecule has 0 amide bonds. The molecule has 0 saturated heterocycles. The summed E-state index contributed by atoms with van der Waals surface area (Å²) in [5.74, 6) is 0.659. The molecular weight excluding hydrogens is 320 g/mol. The third kappa shape index (κ3) is 2.99. The van der Waals surface area contributed by atoms with Crippen LogP contribution >= 0.6 is 15.9 Å². The molecule has 0 atom stereocenters. The van der Waals surface area contributed by atoms with E-state index in [4.69, 9.17) is 0 Å². The van der Waals surface area contributed by atoms with Gasteiger partial charge in [-0.2, -0.15) is 4.98 Å². The molecule has 0 aliphatic heterocycles. The molecule has 0 spiro atoms. The van der Waals surface area contributed by atoms with E-state index in [1.807, 2.05) is 12.1 Å². The van der Waals surface area contributed by atoms with E-state index in [0.717, 1.165) is 4.47 Å². The van der Waals surface area contributed by atoms with Gasteiger partial charge in [0.1, 0.15) is 0 Å². The van der Waals surface area contributed by atoms with Crippen LogP contribution in [0.4, 0.5) is 5.95 Å². The SMILES string of the molecule is CCS(=O)(=O)CCNc1nc2c(Br)cccn2n1. The maximum Gasteiger partial charge on any atom is 0.243 e. The lowest BCUT2D eigenvalue weighted by Crippen LogP contribution is -2.17. The summed E-state index contributed by atoms with van der Waals surface area (Å²) < 4.78 is 25.1. The molecule has 18 heavy (non-hydrogen) atoms. The Kier molecular flexibility index (Phi) is 3.86. The van der Waals surface area contributed by atoms with Crippen LogP contribution in [-0.2, 0) is 9.84 Å². The number of hydrogen-bond donors (Lipinski definition) is 1. The molecule has 0 aliphatic carbocycles. The molecule has 2 aromatic rings. The van der Waals surface area contributed by atoms with Gasteiger partial charge in [-0.15, -0.1) is 5.10 Å². The van der Waals surface area contributed by atoms with E-state index in [2.05, 4.69) is 31.3 Å². The van der Waals surface area contributed by atoms with Crippen molar-refractivity contribution in [1.82, 2.24) is 14.6 Å². The summed E-state index contributed by atoms with van der Waals surface area (Å²) in [6, 6.07) is 3.71. The number of hydrogen-bond acceptors (Lipinski definition) is 5. The van der Waals surface area contributed by atoms with Crippen molar-refractivity contribution in [3.63, 3.8) is 0 Å². The summed E-state index contributed by atoms with van der Waals surface area (Å²) in [6.07, 6.45) is 1.78. The minimum atomic E-state index is -2.96. The summed E-state index contributed by atoms with van der Waals surface area (Å²) in [6.45, 7) is 1.94. The van der Waals surface area contributed by atoms with Gasteiger partial charge < -0.3 is 5.32 Å². The van der Waals surface area contributed by atoms with Crippen molar-refractivity contribution in [2.45, 2.75) is 6.92 Å². The van der Waals surface area contributed by atoms with Crippen molar-refractivity contribution in [1.29, 1.82) is 0 Å². The topological polar surface area (TPSA) is 76.4 Å². The monoisotopic (exact) mass is 332 g/mol. The van der Waals surface area contributed by atoms with Crippen LogP contribution in [-0.4, -0.2) is 41.1 Å². The number of sulfone groups is 1. The lowest BCUT2D eigenvalue weighted by Gasteiger charge is -2.01. The zero-order chi connectivity index (χ0) is 13.2. The van der Waals surface area contributed by atoms with Crippen molar-refractivity contribution in [3.8, 4) is 0 Å². The van der Waals surface area contributed by atoms with Gasteiger partial charge in [-0.05, 0) is 28.1 Å². The van der Waals surface area contributed by atoms with E-state index in [0.29, 0.717) is 18.1 Å². The van der Waals surface area contributed by atoms with Crippen molar-refractivity contribution in [2.75, 3.05) is 23.4 Å². The number of nitrogens with one attached hydrogen (secondary N) is 1. The van der Waals surface area contributed by atoms with Crippen LogP contribution in [0.2, 0.25) is 0 Å². The highest BCUT2D eigenvalue weighted by Crippen LogP contribution is 2.16. The molecule has 0 radical (unpaired) electrons. The highest BCUT2D eigenvalue weighted by Gasteiger charge is 2.09. The van der Waals surface area contributed by atoms with Crippen LogP contribution in [0.1, 0.15) is 6.92 Å². The molecule has 0 bridgehead atoms. The first-order valence-electron chi connectivity index (χ1n) is 5.47. The fourth-order valence-electron chi connectivity index (χ4n) is 1.41. The second-order valence-electron chi connectivity index (χ2n) is 3.72. The second kappa shape index (κ2) is 5.23. The van der Waals surface area contributed by atoms with Crippen LogP contribution in [0.25, 0.3) is 5.65 Å². The van der Waals surface area contributed by atoms with Gasteiger partial charge in [-0.3, -0.25) is 0 Å². The number of anilines is 1. The second-order valence-corrected chi connectivity index (χ2v) is 7.05. The maximum atomic E-state index is 11.3. The molecular formula is C10H13BrN4O2S. The van der Waals surface area contributed by atoms with E-state index < -0.39 is 9.84 Å². The predicted molar refractivity (Wildman–Crippen MR) is 73.5 cm³/mol. The largest absolute Gasteiger partial charge is 0.352 e. The zero-order valence-corrected chi connectivity index (χ0v) is 12.2. The minimum absolute atomic E-state index is 0.0836. The van der Waals surface area contributed by atoms with Crippen molar-refractivity contribution in [3.05, 3.63) is 22.8 Å². The van der Waals surface area contributed by atoms with Crippen LogP contribution in [0, 0.1) is 0 Å². The molecule has 2 aromatic heterocycles. The molecule has 98 valence electrons. The Morgan fingerprint density at radius 2 is 2.28 bits per heavy atom. The highest BCUT2D eigenvalue weighted by atomic mass is 79.9. The number of aromatic nitrogens is 3. The lowest BCUT2D eigenvalue weighted by atomic mass is 10.5. The summed E-state index contributed by atoms with van der Waals surface area (Å²) >= 11 is 3.37. The molecule has 6 nitrogen and oxygen atoms in total. The molecule has 0 aromatic carbocycles. The third-order valence-corrected chi connectivity index (χ3v) is 4.78. The molecule has 0 fully saturated rings. The van der Waals surface area contributed by atoms with Crippen molar-refractivity contribution < 1.29 is 8.42 Å². The summed E-state index contributed by atoms with van der Waals surface area (Å²) in [5, 5.41) is 7.10. The van der Waals surface area contributed by atoms with Crippen molar-refractivity contribution in [2.24, 2.45) is 0 Å². The Balaban J connectivity index is 2.07. The van der Waals surface area contributed by atoms with Crippen LogP contribution in [0.3, 0.4) is 0 Å². The number of halogens is 1. The summed E-state index contributed by atoms with van der Waals surface area (Å²) in [5.41, 5.74) is 0.693. The quantitative estimate of drug-likeness (QED) is 0.894. The van der Waals surface area contributed by atoms with E-state index in [-0.39, 0.29) is 11.5 Å². The lowest BCUT2D eigenvalue weighted by molar-refractivity contribution is 0.597. The Morgan fingerprint density at radius 3 is 2.94 bits per heavy atom. The average Bonchev–Trinajstić information content (AvgIpc) is 2.73. The first-order valence-corrected chi connectivity index (χ1v) is 8.08. The third-order valence-electron chi connectivity index (χ3n) is 2.45. The number of pyridine rings is 1. The molecule has 2 rings (SSSR count). The number of fused-ring (bicyclic) bond motifs is 1. The number of rotatable bonds is 5. The Morgan fingerprint density at radius 1 is 1.50 bits per heavy atom. The first kappa shape index (κ1) is 13.3. The van der Waals surface area contributed by atoms with Gasteiger partial charge in [0.15, 0.2) is 15.5 Å². The smallest absolute Gasteiger partial charge is 0.243 e. The maximum absolute atomic E-state index is 11.3. The normalized spacial score (nSPS) is 11.9. The van der Waals surface area contributed by atoms with Gasteiger partial charge in [-0.1, -0.05) is 6.92 Å². The predicted octanol–water partition coefficient (Wildman–Crippen LogP) is 1.34. The first-order chi connectivity index (χ1) is 8.52. The van der Waals surface area contributed by atoms with Crippen LogP contribution in [0.15, 0.2) is 22.8 Å². The zero-order valence-electron chi connectivity index (χ0n) is 9.80. The van der Waals surface area contributed by atoms with E-state index >= 15 is 0 Å². The molecule has 1 N–H and O–H groups in total. The van der Waals surface area contributed by atoms with Gasteiger partial charge in [0, 0.05) is 18.5 Å². The Labute approximate surface area is 113 Å². The van der Waals surface area contributed by atoms with Gasteiger partial charge in [-0.25, -0.2) is 12.9 Å². The fraction of sp³-hybridized carbons (Fsp3) is 0.400. The van der Waals surface area contributed by atoms with Gasteiger partial charge in [0.05, 0.1) is 10.2 Å². The standard InChI is InChI=1S/C10H13BrN4O2S/c1-2-18(16,17)7-5-12-10-13-9-8(11)4-3-6-15(9)14-10/h3-4,6H,2,5,7H2,1H3,(H,12,14). The molecule has 2 heterocycles. The van der Waals surface area contributed by atoms with Crippen molar-refractivity contribution >= 4 is 37.4 Å². The van der Waals surface area contributed by atoms with Gasteiger partial charge >= 0.3 is 0 Å². The average molecular weight is 333 g/mol. The summed E-state index contributed by atoms with van der Waals surface area (Å²) in [4.78, 5) is 4.26. The highest BCUT2D eigenvalue weighted by molar-refractivity contribution is 9.10. The molecule has 8 heteroatoms. The molecule has 0 unspecified atom stereocenters. The van der Waals surface area contributed by atoms with E-state index in [9.17, 15) is 8.42 Å². The molecule has 0 aliphatic rings. The Bertz CT molecular complexity index is 653.